The first-order chi connectivity index (χ1) is 8.54. The largest absolute Gasteiger partial charge is 0.458 e. The Bertz CT molecular complexity index is 374. The van der Waals surface area contributed by atoms with E-state index < -0.39 is 42.3 Å². The minimum absolute atomic E-state index is 2.07. The Morgan fingerprint density at radius 3 is 1.45 bits per heavy atom. The van der Waals surface area contributed by atoms with Crippen LogP contribution in [0.2, 0.25) is 0 Å². The lowest BCUT2D eigenvalue weighted by atomic mass is 10.1. The van der Waals surface area contributed by atoms with Gasteiger partial charge in [-0.15, -0.1) is 0 Å². The summed E-state index contributed by atoms with van der Waals surface area (Å²) in [6.45, 7) is -0.940. The maximum atomic E-state index is 12.9. The fraction of sp³-hybridized carbons (Fsp3) is 0.625. The molecule has 0 atom stereocenters. The van der Waals surface area contributed by atoms with Crippen molar-refractivity contribution in [2.45, 2.75) is 24.2 Å². The third-order valence-electron chi connectivity index (χ3n) is 1.89. The van der Waals surface area contributed by atoms with Crippen molar-refractivity contribution in [3.63, 3.8) is 0 Å². The summed E-state index contributed by atoms with van der Waals surface area (Å²) in [6.07, 6.45) is -18.5. The number of esters is 1. The van der Waals surface area contributed by atoms with E-state index in [1.807, 2.05) is 0 Å². The average molecular weight is 322 g/mol. The van der Waals surface area contributed by atoms with Crippen molar-refractivity contribution in [3.05, 3.63) is 12.2 Å². The molecule has 0 rings (SSSR count). The molecule has 0 N–H and O–H groups in total. The van der Waals surface area contributed by atoms with Gasteiger partial charge < -0.3 is 4.74 Å². The van der Waals surface area contributed by atoms with Crippen LogP contribution in [0.5, 0.6) is 0 Å². The summed E-state index contributed by atoms with van der Waals surface area (Å²) in [6, 6.07) is 0. The van der Waals surface area contributed by atoms with Gasteiger partial charge in [-0.3, -0.25) is 0 Å². The van der Waals surface area contributed by atoms with E-state index in [0.29, 0.717) is 0 Å². The van der Waals surface area contributed by atoms with Crippen LogP contribution in [0.1, 0.15) is 0 Å². The maximum absolute atomic E-state index is 12.9. The molecule has 0 heterocycles. The van der Waals surface area contributed by atoms with Crippen molar-refractivity contribution in [2.75, 3.05) is 6.61 Å². The van der Waals surface area contributed by atoms with Gasteiger partial charge >= 0.3 is 30.2 Å². The second-order valence-electron chi connectivity index (χ2n) is 3.35. The predicted octanol–water partition coefficient (Wildman–Crippen LogP) is 3.48. The van der Waals surface area contributed by atoms with Gasteiger partial charge in [-0.2, -0.15) is 39.5 Å². The molecular weight excluding hydrogens is 318 g/mol. The molecule has 0 fully saturated rings. The van der Waals surface area contributed by atoms with Gasteiger partial charge in [0.15, 0.2) is 0 Å². The van der Waals surface area contributed by atoms with E-state index in [4.69, 9.17) is 0 Å². The van der Waals surface area contributed by atoms with E-state index in [9.17, 15) is 48.7 Å². The van der Waals surface area contributed by atoms with Gasteiger partial charge in [-0.1, -0.05) is 6.58 Å². The zero-order valence-electron chi connectivity index (χ0n) is 9.01. The summed E-state index contributed by atoms with van der Waals surface area (Å²) in [4.78, 5) is 10.5. The molecule has 2 nitrogen and oxygen atoms in total. The molecule has 0 bridgehead atoms. The van der Waals surface area contributed by atoms with Gasteiger partial charge in [0.2, 0.25) is 0 Å². The van der Waals surface area contributed by atoms with E-state index in [2.05, 4.69) is 11.3 Å². The first-order valence-electron chi connectivity index (χ1n) is 4.29. The second-order valence-corrected chi connectivity index (χ2v) is 3.35. The lowest BCUT2D eigenvalue weighted by molar-refractivity contribution is -0.349. The van der Waals surface area contributed by atoms with Crippen molar-refractivity contribution in [2.24, 2.45) is 0 Å². The molecule has 0 saturated carbocycles. The fourth-order valence-corrected chi connectivity index (χ4v) is 0.692. The van der Waals surface area contributed by atoms with Crippen LogP contribution in [0.3, 0.4) is 0 Å². The maximum Gasteiger partial charge on any atom is 0.435 e. The number of hydrogen-bond donors (Lipinski definition) is 0. The first-order valence-corrected chi connectivity index (χ1v) is 4.29. The summed E-state index contributed by atoms with van der Waals surface area (Å²) in [5.74, 6) is -2.65. The van der Waals surface area contributed by atoms with Crippen molar-refractivity contribution < 1.29 is 53.4 Å². The van der Waals surface area contributed by atoms with Crippen molar-refractivity contribution in [1.29, 1.82) is 0 Å². The van der Waals surface area contributed by atoms with Gasteiger partial charge in [0, 0.05) is 0 Å². The smallest absolute Gasteiger partial charge is 0.435 e. The third-order valence-corrected chi connectivity index (χ3v) is 1.89. The van der Waals surface area contributed by atoms with Crippen molar-refractivity contribution in [3.8, 4) is 0 Å². The molecule has 0 aromatic heterocycles. The van der Waals surface area contributed by atoms with E-state index >= 15 is 0 Å². The highest BCUT2D eigenvalue weighted by molar-refractivity contribution is 5.89. The Hall–Kier alpha value is -1.49. The first kappa shape index (κ1) is 18.5. The lowest BCUT2D eigenvalue weighted by Crippen LogP contribution is -2.56. The van der Waals surface area contributed by atoms with Crippen molar-refractivity contribution >= 4 is 5.97 Å². The zero-order chi connectivity index (χ0) is 16.6. The summed E-state index contributed by atoms with van der Waals surface area (Å²) in [5, 5.41) is 0. The van der Waals surface area contributed by atoms with Crippen LogP contribution >= 0.6 is 0 Å². The number of carbonyl (C=O) groups excluding carboxylic acids is 1. The second kappa shape index (κ2) is 5.13. The van der Waals surface area contributed by atoms with E-state index in [0.717, 1.165) is 0 Å². The highest BCUT2D eigenvalue weighted by Gasteiger charge is 2.73. The number of alkyl halides is 10. The number of carbonyl (C=O) groups is 1. The number of rotatable bonds is 3. The van der Waals surface area contributed by atoms with Crippen LogP contribution < -0.4 is 0 Å². The van der Waals surface area contributed by atoms with Crippen LogP contribution in [-0.2, 0) is 9.53 Å². The molecule has 0 aliphatic heterocycles. The van der Waals surface area contributed by atoms with Gasteiger partial charge in [0.1, 0.15) is 12.2 Å². The molecule has 118 valence electrons. The van der Waals surface area contributed by atoms with Gasteiger partial charge in [-0.05, 0) is 0 Å². The molecule has 0 aromatic carbocycles. The molecule has 0 aliphatic rings. The summed E-state index contributed by atoms with van der Waals surface area (Å²) >= 11 is 0. The Kier molecular flexibility index (Phi) is 4.75. The van der Waals surface area contributed by atoms with E-state index in [1.165, 1.54) is 0 Å². The summed E-state index contributed by atoms with van der Waals surface area (Å²) in [5.41, 5.74) is -8.36. The van der Waals surface area contributed by atoms with Gasteiger partial charge in [0.05, 0.1) is 0 Å². The fourth-order valence-electron chi connectivity index (χ4n) is 0.692. The minimum Gasteiger partial charge on any atom is -0.458 e. The summed E-state index contributed by atoms with van der Waals surface area (Å²) in [7, 11) is 0. The molecule has 0 unspecified atom stereocenters. The zero-order valence-corrected chi connectivity index (χ0v) is 9.01. The molecule has 12 heteroatoms. The van der Waals surface area contributed by atoms with Crippen LogP contribution in [0.25, 0.3) is 0 Å². The predicted molar refractivity (Wildman–Crippen MR) is 42.1 cm³/mol. The average Bonchev–Trinajstić information content (AvgIpc) is 2.19. The summed E-state index contributed by atoms with van der Waals surface area (Å²) < 4.78 is 123. The van der Waals surface area contributed by atoms with Gasteiger partial charge in [-0.25, -0.2) is 9.18 Å². The SMILES string of the molecule is C=C(C(=O)OCC(F)(C(F)(F)F)C(F)(F)F)C(F)(F)F. The normalized spacial score (nSPS) is 14.1. The molecule has 0 amide bonds. The molecule has 0 spiro atoms. The van der Waals surface area contributed by atoms with Crippen molar-refractivity contribution in [1.82, 2.24) is 0 Å². The lowest BCUT2D eigenvalue weighted by Gasteiger charge is -2.29. The minimum atomic E-state index is -6.54. The van der Waals surface area contributed by atoms with E-state index in [1.54, 1.807) is 0 Å². The number of halogens is 10. The molecule has 0 aromatic rings. The van der Waals surface area contributed by atoms with Crippen LogP contribution in [0.4, 0.5) is 43.9 Å². The molecule has 0 aliphatic carbocycles. The third kappa shape index (κ3) is 3.76. The van der Waals surface area contributed by atoms with E-state index in [-0.39, 0.29) is 0 Å². The molecule has 20 heavy (non-hydrogen) atoms. The monoisotopic (exact) mass is 322 g/mol. The highest BCUT2D eigenvalue weighted by Crippen LogP contribution is 2.46. The van der Waals surface area contributed by atoms with Crippen LogP contribution in [0, 0.1) is 0 Å². The quantitative estimate of drug-likeness (QED) is 0.452. The number of ether oxygens (including phenoxy) is 1. The Morgan fingerprint density at radius 2 is 1.20 bits per heavy atom. The highest BCUT2D eigenvalue weighted by atomic mass is 19.4. The Balaban J connectivity index is 5.10. The topological polar surface area (TPSA) is 26.3 Å². The molecular formula is C8H4F10O2. The standard InChI is InChI=1S/C8H4F10O2/c1-3(6(10,11)12)4(19)20-2-5(9,7(13,14)15)8(16,17)18/h1-2H2. The number of hydrogen-bond acceptors (Lipinski definition) is 2. The molecule has 0 radical (unpaired) electrons. The van der Waals surface area contributed by atoms with Crippen LogP contribution in [0.15, 0.2) is 12.2 Å². The molecule has 0 saturated heterocycles. The Morgan fingerprint density at radius 1 is 0.850 bits per heavy atom. The van der Waals surface area contributed by atoms with Gasteiger partial charge in [0.25, 0.3) is 0 Å². The Labute approximate surface area is 104 Å². The van der Waals surface area contributed by atoms with Crippen LogP contribution in [-0.4, -0.2) is 36.8 Å².